The molecule has 7 heteroatoms. The maximum absolute atomic E-state index is 12.5. The quantitative estimate of drug-likeness (QED) is 0.0806. The molecule has 0 saturated heterocycles. The van der Waals surface area contributed by atoms with Gasteiger partial charge in [0.05, 0.1) is 26.4 Å². The van der Waals surface area contributed by atoms with Gasteiger partial charge >= 0.3 is 6.16 Å². The van der Waals surface area contributed by atoms with Gasteiger partial charge < -0.3 is 28.4 Å². The van der Waals surface area contributed by atoms with Crippen molar-refractivity contribution in [3.63, 3.8) is 0 Å². The maximum Gasteiger partial charge on any atom is 0.519 e. The van der Waals surface area contributed by atoms with E-state index in [4.69, 9.17) is 28.4 Å². The molecule has 0 aromatic heterocycles. The standard InChI is InChI=1S/C39H46O7/c1-5-41-27-37(33-13-9-7-10-14-33)43-25-29(3)31-17-21-35(22-18-31)45-39(40)46-36-23-19-32(20-24-36)30(4)26-44-38(28-42-6-2)34-15-11-8-12-16-34/h7-24,29-30,37-38H,5-6,25-28H2,1-4H3. The van der Waals surface area contributed by atoms with Gasteiger partial charge in [-0.1, -0.05) is 98.8 Å². The van der Waals surface area contributed by atoms with Crippen LogP contribution in [0.3, 0.4) is 0 Å². The van der Waals surface area contributed by atoms with Crippen LogP contribution in [0, 0.1) is 0 Å². The van der Waals surface area contributed by atoms with Gasteiger partial charge in [-0.15, -0.1) is 0 Å². The van der Waals surface area contributed by atoms with Crippen molar-refractivity contribution in [2.24, 2.45) is 0 Å². The molecule has 46 heavy (non-hydrogen) atoms. The number of ether oxygens (including phenoxy) is 6. The summed E-state index contributed by atoms with van der Waals surface area (Å²) in [5.41, 5.74) is 4.33. The molecule has 0 heterocycles. The third-order valence-electron chi connectivity index (χ3n) is 7.68. The highest BCUT2D eigenvalue weighted by atomic mass is 16.7. The van der Waals surface area contributed by atoms with E-state index < -0.39 is 6.16 Å². The number of hydrogen-bond acceptors (Lipinski definition) is 7. The van der Waals surface area contributed by atoms with Crippen molar-refractivity contribution in [1.82, 2.24) is 0 Å². The Morgan fingerprint density at radius 1 is 0.500 bits per heavy atom. The molecule has 0 aliphatic heterocycles. The van der Waals surface area contributed by atoms with Gasteiger partial charge in [-0.3, -0.25) is 0 Å². The smallest absolute Gasteiger partial charge is 0.395 e. The highest BCUT2D eigenvalue weighted by Crippen LogP contribution is 2.26. The normalized spacial score (nSPS) is 13.8. The third kappa shape index (κ3) is 11.1. The number of carbonyl (C=O) groups excluding carboxylic acids is 1. The van der Waals surface area contributed by atoms with Crippen LogP contribution in [0.2, 0.25) is 0 Å². The van der Waals surface area contributed by atoms with Crippen molar-refractivity contribution in [3.05, 3.63) is 131 Å². The van der Waals surface area contributed by atoms with Crippen LogP contribution in [-0.4, -0.2) is 45.8 Å². The average Bonchev–Trinajstić information content (AvgIpc) is 3.09. The Labute approximate surface area is 273 Å². The first-order valence-corrected chi connectivity index (χ1v) is 16.0. The summed E-state index contributed by atoms with van der Waals surface area (Å²) in [5.74, 6) is 1.08. The second kappa shape index (κ2) is 18.8. The minimum absolute atomic E-state index is 0.133. The fraction of sp³-hybridized carbons (Fsp3) is 0.359. The van der Waals surface area contributed by atoms with E-state index in [9.17, 15) is 4.79 Å². The first-order valence-electron chi connectivity index (χ1n) is 16.0. The minimum Gasteiger partial charge on any atom is -0.395 e. The first-order chi connectivity index (χ1) is 22.5. The molecule has 4 aromatic rings. The molecule has 4 aromatic carbocycles. The number of rotatable bonds is 18. The average molecular weight is 627 g/mol. The van der Waals surface area contributed by atoms with E-state index in [-0.39, 0.29) is 24.0 Å². The Kier molecular flexibility index (Phi) is 14.3. The van der Waals surface area contributed by atoms with E-state index in [1.165, 1.54) is 0 Å². The minimum atomic E-state index is -0.795. The Morgan fingerprint density at radius 3 is 1.22 bits per heavy atom. The van der Waals surface area contributed by atoms with Crippen molar-refractivity contribution < 1.29 is 33.2 Å². The molecule has 244 valence electrons. The number of carbonyl (C=O) groups is 1. The second-order valence-corrected chi connectivity index (χ2v) is 11.2. The van der Waals surface area contributed by atoms with E-state index in [0.717, 1.165) is 22.3 Å². The summed E-state index contributed by atoms with van der Waals surface area (Å²) >= 11 is 0. The van der Waals surface area contributed by atoms with E-state index in [1.807, 2.05) is 74.5 Å². The molecular formula is C39H46O7. The highest BCUT2D eigenvalue weighted by molar-refractivity contribution is 5.67. The van der Waals surface area contributed by atoms with Crippen LogP contribution in [0.15, 0.2) is 109 Å². The van der Waals surface area contributed by atoms with Crippen LogP contribution < -0.4 is 9.47 Å². The molecule has 7 nitrogen and oxygen atoms in total. The van der Waals surface area contributed by atoms with Gasteiger partial charge in [0, 0.05) is 25.0 Å². The predicted octanol–water partition coefficient (Wildman–Crippen LogP) is 9.06. The molecule has 4 rings (SSSR count). The molecule has 0 aliphatic carbocycles. The lowest BCUT2D eigenvalue weighted by atomic mass is 10.0. The molecule has 0 fully saturated rings. The molecular weight excluding hydrogens is 580 g/mol. The van der Waals surface area contributed by atoms with Crippen molar-refractivity contribution in [2.75, 3.05) is 39.6 Å². The molecule has 0 bridgehead atoms. The summed E-state index contributed by atoms with van der Waals surface area (Å²) in [6, 6.07) is 35.0. The molecule has 0 spiro atoms. The van der Waals surface area contributed by atoms with Crippen molar-refractivity contribution in [1.29, 1.82) is 0 Å². The van der Waals surface area contributed by atoms with Crippen LogP contribution in [0.25, 0.3) is 0 Å². The summed E-state index contributed by atoms with van der Waals surface area (Å²) in [5, 5.41) is 0. The van der Waals surface area contributed by atoms with Gasteiger partial charge in [0.2, 0.25) is 0 Å². The zero-order chi connectivity index (χ0) is 32.6. The molecule has 4 atom stereocenters. The number of hydrogen-bond donors (Lipinski definition) is 0. The van der Waals surface area contributed by atoms with Crippen molar-refractivity contribution in [3.8, 4) is 11.5 Å². The summed E-state index contributed by atoms with van der Waals surface area (Å²) in [7, 11) is 0. The van der Waals surface area contributed by atoms with Gasteiger partial charge in [0.25, 0.3) is 0 Å². The SMILES string of the molecule is CCOCC(OCC(C)c1ccc(OC(=O)Oc2ccc(C(C)COC(COCC)c3ccccc3)cc2)cc1)c1ccccc1. The number of benzene rings is 4. The summed E-state index contributed by atoms with van der Waals surface area (Å²) in [6.07, 6.45) is -1.06. The van der Waals surface area contributed by atoms with Crippen LogP contribution in [0.5, 0.6) is 11.5 Å². The topological polar surface area (TPSA) is 72.5 Å². The van der Waals surface area contributed by atoms with Gasteiger partial charge in [0.15, 0.2) is 0 Å². The predicted molar refractivity (Wildman–Crippen MR) is 180 cm³/mol. The largest absolute Gasteiger partial charge is 0.519 e. The lowest BCUT2D eigenvalue weighted by Gasteiger charge is -2.21. The van der Waals surface area contributed by atoms with Gasteiger partial charge in [-0.2, -0.15) is 0 Å². The van der Waals surface area contributed by atoms with Crippen LogP contribution in [0.1, 0.15) is 74.0 Å². The Balaban J connectivity index is 1.24. The zero-order valence-corrected chi connectivity index (χ0v) is 27.3. The highest BCUT2D eigenvalue weighted by Gasteiger charge is 2.17. The van der Waals surface area contributed by atoms with Gasteiger partial charge in [-0.05, 0) is 60.4 Å². The van der Waals surface area contributed by atoms with E-state index >= 15 is 0 Å². The molecule has 0 amide bonds. The second-order valence-electron chi connectivity index (χ2n) is 11.2. The fourth-order valence-corrected chi connectivity index (χ4v) is 4.92. The van der Waals surface area contributed by atoms with E-state index in [2.05, 4.69) is 38.1 Å². The monoisotopic (exact) mass is 626 g/mol. The van der Waals surface area contributed by atoms with Crippen molar-refractivity contribution in [2.45, 2.75) is 51.7 Å². The molecule has 0 N–H and O–H groups in total. The van der Waals surface area contributed by atoms with E-state index in [1.54, 1.807) is 24.3 Å². The van der Waals surface area contributed by atoms with Gasteiger partial charge in [-0.25, -0.2) is 4.79 Å². The Hall–Kier alpha value is -4.01. The van der Waals surface area contributed by atoms with Gasteiger partial charge in [0.1, 0.15) is 23.7 Å². The van der Waals surface area contributed by atoms with Crippen molar-refractivity contribution >= 4 is 6.16 Å². The first kappa shape index (κ1) is 34.9. The molecule has 0 aliphatic rings. The van der Waals surface area contributed by atoms with Crippen LogP contribution in [0.4, 0.5) is 4.79 Å². The third-order valence-corrected chi connectivity index (χ3v) is 7.68. The lowest BCUT2D eigenvalue weighted by Crippen LogP contribution is -2.16. The van der Waals surface area contributed by atoms with Crippen LogP contribution >= 0.6 is 0 Å². The van der Waals surface area contributed by atoms with Crippen LogP contribution in [-0.2, 0) is 18.9 Å². The zero-order valence-electron chi connectivity index (χ0n) is 27.3. The lowest BCUT2D eigenvalue weighted by molar-refractivity contribution is -0.0192. The Bertz CT molecular complexity index is 1300. The summed E-state index contributed by atoms with van der Waals surface area (Å²) < 4.78 is 34.6. The molecule has 4 unspecified atom stereocenters. The maximum atomic E-state index is 12.5. The Morgan fingerprint density at radius 2 is 0.870 bits per heavy atom. The summed E-state index contributed by atoms with van der Waals surface area (Å²) in [4.78, 5) is 12.5. The molecule has 0 radical (unpaired) electrons. The fourth-order valence-electron chi connectivity index (χ4n) is 4.92. The van der Waals surface area contributed by atoms with E-state index in [0.29, 0.717) is 51.1 Å². The summed E-state index contributed by atoms with van der Waals surface area (Å²) in [6.45, 7) is 11.5. The molecule has 0 saturated carbocycles.